The summed E-state index contributed by atoms with van der Waals surface area (Å²) in [5.74, 6) is 0. The monoisotopic (exact) mass is 144 g/mol. The van der Waals surface area contributed by atoms with Crippen LogP contribution in [-0.4, -0.2) is 26.8 Å². The third-order valence-corrected chi connectivity index (χ3v) is 1.40. The zero-order valence-electron chi connectivity index (χ0n) is 6.24. The Labute approximate surface area is 60.6 Å². The lowest BCUT2D eigenvalue weighted by Crippen LogP contribution is -2.26. The van der Waals surface area contributed by atoms with E-state index in [2.05, 4.69) is 0 Å². The Balaban J connectivity index is 2.38. The van der Waals surface area contributed by atoms with Crippen molar-refractivity contribution >= 4 is 0 Å². The van der Waals surface area contributed by atoms with E-state index in [1.165, 1.54) is 0 Å². The molecule has 3 heteroatoms. The van der Waals surface area contributed by atoms with Crippen molar-refractivity contribution in [1.82, 2.24) is 0 Å². The summed E-state index contributed by atoms with van der Waals surface area (Å²) in [6.45, 7) is 0. The van der Waals surface area contributed by atoms with Gasteiger partial charge in [-0.15, -0.1) is 0 Å². The van der Waals surface area contributed by atoms with Gasteiger partial charge in [0, 0.05) is 20.6 Å². The van der Waals surface area contributed by atoms with Crippen LogP contribution in [0.2, 0.25) is 0 Å². The summed E-state index contributed by atoms with van der Waals surface area (Å²) in [6.07, 6.45) is 4.28. The average Bonchev–Trinajstić information content (AvgIpc) is 2.05. The van der Waals surface area contributed by atoms with Crippen LogP contribution in [0.5, 0.6) is 0 Å². The molecule has 1 aliphatic rings. The SMILES string of the molecule is CO[C@H]1C=CC[C@@H](OC)O1. The first-order valence-corrected chi connectivity index (χ1v) is 3.24. The summed E-state index contributed by atoms with van der Waals surface area (Å²) in [5.41, 5.74) is 0. The van der Waals surface area contributed by atoms with E-state index in [-0.39, 0.29) is 12.6 Å². The van der Waals surface area contributed by atoms with Crippen LogP contribution >= 0.6 is 0 Å². The zero-order chi connectivity index (χ0) is 7.40. The first kappa shape index (κ1) is 7.72. The van der Waals surface area contributed by atoms with Crippen molar-refractivity contribution in [2.75, 3.05) is 14.2 Å². The molecule has 10 heavy (non-hydrogen) atoms. The Morgan fingerprint density at radius 3 is 2.80 bits per heavy atom. The van der Waals surface area contributed by atoms with Gasteiger partial charge in [0.25, 0.3) is 0 Å². The molecular formula is C7H12O3. The molecule has 0 amide bonds. The van der Waals surface area contributed by atoms with Crippen LogP contribution in [0.4, 0.5) is 0 Å². The molecule has 0 fully saturated rings. The third kappa shape index (κ3) is 1.80. The van der Waals surface area contributed by atoms with Gasteiger partial charge < -0.3 is 14.2 Å². The van der Waals surface area contributed by atoms with E-state index in [9.17, 15) is 0 Å². The van der Waals surface area contributed by atoms with Gasteiger partial charge >= 0.3 is 0 Å². The lowest BCUT2D eigenvalue weighted by atomic mass is 10.3. The Kier molecular flexibility index (Phi) is 2.86. The van der Waals surface area contributed by atoms with E-state index >= 15 is 0 Å². The highest BCUT2D eigenvalue weighted by molar-refractivity contribution is 4.90. The topological polar surface area (TPSA) is 27.7 Å². The van der Waals surface area contributed by atoms with Crippen molar-refractivity contribution in [3.05, 3.63) is 12.2 Å². The first-order chi connectivity index (χ1) is 4.86. The highest BCUT2D eigenvalue weighted by Crippen LogP contribution is 2.12. The van der Waals surface area contributed by atoms with E-state index in [0.29, 0.717) is 0 Å². The molecule has 58 valence electrons. The molecule has 0 aromatic rings. The number of hydrogen-bond acceptors (Lipinski definition) is 3. The average molecular weight is 144 g/mol. The molecule has 0 saturated heterocycles. The molecule has 0 spiro atoms. The standard InChI is InChI=1S/C7H12O3/c1-8-6-4-3-5-7(9-2)10-6/h3-4,6-7H,5H2,1-2H3/t6-,7+/m1/s1. The zero-order valence-corrected chi connectivity index (χ0v) is 6.24. The third-order valence-electron chi connectivity index (χ3n) is 1.40. The Morgan fingerprint density at radius 2 is 2.20 bits per heavy atom. The number of ether oxygens (including phenoxy) is 3. The summed E-state index contributed by atoms with van der Waals surface area (Å²) >= 11 is 0. The lowest BCUT2D eigenvalue weighted by molar-refractivity contribution is -0.214. The summed E-state index contributed by atoms with van der Waals surface area (Å²) in [5, 5.41) is 0. The summed E-state index contributed by atoms with van der Waals surface area (Å²) < 4.78 is 15.2. The fraction of sp³-hybridized carbons (Fsp3) is 0.714. The summed E-state index contributed by atoms with van der Waals surface area (Å²) in [4.78, 5) is 0. The fourth-order valence-electron chi connectivity index (χ4n) is 0.837. The lowest BCUT2D eigenvalue weighted by Gasteiger charge is -2.23. The van der Waals surface area contributed by atoms with Gasteiger partial charge in [0.2, 0.25) is 0 Å². The maximum absolute atomic E-state index is 5.25. The summed E-state index contributed by atoms with van der Waals surface area (Å²) in [6, 6.07) is 0. The molecule has 0 aromatic heterocycles. The predicted molar refractivity (Wildman–Crippen MR) is 36.4 cm³/mol. The van der Waals surface area contributed by atoms with Gasteiger partial charge in [-0.1, -0.05) is 6.08 Å². The van der Waals surface area contributed by atoms with Gasteiger partial charge in [-0.05, 0) is 6.08 Å². The maximum Gasteiger partial charge on any atom is 0.179 e. The second-order valence-electron chi connectivity index (χ2n) is 2.07. The molecule has 1 aliphatic heterocycles. The van der Waals surface area contributed by atoms with Gasteiger partial charge in [-0.3, -0.25) is 0 Å². The molecule has 0 unspecified atom stereocenters. The molecule has 0 bridgehead atoms. The van der Waals surface area contributed by atoms with E-state index in [0.717, 1.165) is 6.42 Å². The van der Waals surface area contributed by atoms with Crippen LogP contribution in [0, 0.1) is 0 Å². The Morgan fingerprint density at radius 1 is 1.40 bits per heavy atom. The van der Waals surface area contributed by atoms with Crippen LogP contribution in [0.1, 0.15) is 6.42 Å². The number of rotatable bonds is 2. The first-order valence-electron chi connectivity index (χ1n) is 3.24. The van der Waals surface area contributed by atoms with Gasteiger partial charge in [-0.2, -0.15) is 0 Å². The van der Waals surface area contributed by atoms with Gasteiger partial charge in [0.05, 0.1) is 0 Å². The Bertz CT molecular complexity index is 122. The van der Waals surface area contributed by atoms with E-state index in [4.69, 9.17) is 14.2 Å². The number of methoxy groups -OCH3 is 2. The van der Waals surface area contributed by atoms with E-state index < -0.39 is 0 Å². The van der Waals surface area contributed by atoms with Crippen molar-refractivity contribution in [1.29, 1.82) is 0 Å². The van der Waals surface area contributed by atoms with Crippen molar-refractivity contribution in [3.63, 3.8) is 0 Å². The van der Waals surface area contributed by atoms with Gasteiger partial charge in [0.1, 0.15) is 0 Å². The molecule has 1 heterocycles. The quantitative estimate of drug-likeness (QED) is 0.539. The van der Waals surface area contributed by atoms with Gasteiger partial charge in [-0.25, -0.2) is 0 Å². The second-order valence-corrected chi connectivity index (χ2v) is 2.07. The molecular weight excluding hydrogens is 132 g/mol. The highest BCUT2D eigenvalue weighted by Gasteiger charge is 2.15. The fourth-order valence-corrected chi connectivity index (χ4v) is 0.837. The van der Waals surface area contributed by atoms with Crippen LogP contribution in [0.3, 0.4) is 0 Å². The molecule has 0 N–H and O–H groups in total. The van der Waals surface area contributed by atoms with Crippen LogP contribution in [0.25, 0.3) is 0 Å². The molecule has 0 radical (unpaired) electrons. The van der Waals surface area contributed by atoms with E-state index in [1.807, 2.05) is 12.2 Å². The largest absolute Gasteiger partial charge is 0.355 e. The molecule has 3 nitrogen and oxygen atoms in total. The predicted octanol–water partition coefficient (Wildman–Crippen LogP) is 0.908. The molecule has 2 atom stereocenters. The van der Waals surface area contributed by atoms with Crippen LogP contribution in [0.15, 0.2) is 12.2 Å². The highest BCUT2D eigenvalue weighted by atomic mass is 16.8. The van der Waals surface area contributed by atoms with Crippen molar-refractivity contribution < 1.29 is 14.2 Å². The van der Waals surface area contributed by atoms with Gasteiger partial charge in [0.15, 0.2) is 12.6 Å². The van der Waals surface area contributed by atoms with Crippen LogP contribution in [-0.2, 0) is 14.2 Å². The minimum atomic E-state index is -0.237. The minimum Gasteiger partial charge on any atom is -0.355 e. The van der Waals surface area contributed by atoms with E-state index in [1.54, 1.807) is 14.2 Å². The molecule has 0 aliphatic carbocycles. The van der Waals surface area contributed by atoms with Crippen molar-refractivity contribution in [2.45, 2.75) is 19.0 Å². The van der Waals surface area contributed by atoms with Crippen molar-refractivity contribution in [2.24, 2.45) is 0 Å². The molecule has 1 rings (SSSR count). The van der Waals surface area contributed by atoms with Crippen molar-refractivity contribution in [3.8, 4) is 0 Å². The number of hydrogen-bond donors (Lipinski definition) is 0. The Hall–Kier alpha value is -0.380. The minimum absolute atomic E-state index is 0.144. The summed E-state index contributed by atoms with van der Waals surface area (Å²) in [7, 11) is 3.23. The van der Waals surface area contributed by atoms with Crippen LogP contribution < -0.4 is 0 Å². The molecule has 0 aromatic carbocycles. The second kappa shape index (κ2) is 3.71. The smallest absolute Gasteiger partial charge is 0.179 e. The molecule has 0 saturated carbocycles. The normalized spacial score (nSPS) is 32.6. The maximum atomic E-state index is 5.25.